The molecule has 1 aliphatic rings. The first-order valence-electron chi connectivity index (χ1n) is 7.87. The number of imidazole rings is 1. The zero-order chi connectivity index (χ0) is 17.3. The van der Waals surface area contributed by atoms with Crippen molar-refractivity contribution in [2.24, 2.45) is 7.05 Å². The summed E-state index contributed by atoms with van der Waals surface area (Å²) in [5, 5.41) is 19.4. The number of sulfonamides is 1. The Kier molecular flexibility index (Phi) is 4.51. The van der Waals surface area contributed by atoms with E-state index in [-0.39, 0.29) is 28.5 Å². The molecule has 0 unspecified atom stereocenters. The monoisotopic (exact) mass is 351 g/mol. The van der Waals surface area contributed by atoms with E-state index in [1.54, 1.807) is 23.7 Å². The molecule has 1 saturated carbocycles. The van der Waals surface area contributed by atoms with Crippen LogP contribution in [-0.4, -0.2) is 34.2 Å². The van der Waals surface area contributed by atoms with Crippen molar-refractivity contribution in [3.63, 3.8) is 0 Å². The summed E-state index contributed by atoms with van der Waals surface area (Å²) < 4.78 is 28.9. The number of benzene rings is 1. The first kappa shape index (κ1) is 16.8. The van der Waals surface area contributed by atoms with Crippen LogP contribution in [0.3, 0.4) is 0 Å². The molecule has 0 spiro atoms. The fraction of sp³-hybridized carbons (Fsp3) is 0.438. The van der Waals surface area contributed by atoms with Crippen LogP contribution in [0.15, 0.2) is 35.7 Å². The lowest BCUT2D eigenvalue weighted by Gasteiger charge is -2.29. The Bertz CT molecular complexity index is 824. The fourth-order valence-electron chi connectivity index (χ4n) is 3.21. The molecule has 24 heavy (non-hydrogen) atoms. The normalized spacial score (nSPS) is 21.7. The van der Waals surface area contributed by atoms with Gasteiger partial charge in [0.2, 0.25) is 0 Å². The average Bonchev–Trinajstić information content (AvgIpc) is 2.96. The van der Waals surface area contributed by atoms with Gasteiger partial charge in [-0.15, -0.1) is 0 Å². The first-order valence-corrected chi connectivity index (χ1v) is 9.35. The van der Waals surface area contributed by atoms with Crippen molar-refractivity contribution in [3.8, 4) is 11.5 Å². The molecule has 1 aromatic carbocycles. The van der Waals surface area contributed by atoms with E-state index < -0.39 is 10.0 Å². The fourth-order valence-corrected chi connectivity index (χ4v) is 4.49. The van der Waals surface area contributed by atoms with Crippen LogP contribution in [0.4, 0.5) is 0 Å². The summed E-state index contributed by atoms with van der Waals surface area (Å²) in [5.74, 6) is 0.293. The summed E-state index contributed by atoms with van der Waals surface area (Å²) in [5.41, 5.74) is 0.804. The predicted octanol–water partition coefficient (Wildman–Crippen LogP) is 1.84. The number of phenolic OH excluding ortho intramolecular Hbond substituents is 2. The summed E-state index contributed by atoms with van der Waals surface area (Å²) in [7, 11) is -1.88. The smallest absolute Gasteiger partial charge is 0.259 e. The van der Waals surface area contributed by atoms with Crippen molar-refractivity contribution in [2.75, 3.05) is 0 Å². The van der Waals surface area contributed by atoms with Crippen LogP contribution < -0.4 is 4.72 Å². The van der Waals surface area contributed by atoms with E-state index in [0.29, 0.717) is 12.8 Å². The Morgan fingerprint density at radius 1 is 1.21 bits per heavy atom. The van der Waals surface area contributed by atoms with Gasteiger partial charge in [0.25, 0.3) is 10.0 Å². The van der Waals surface area contributed by atoms with Gasteiger partial charge in [-0.3, -0.25) is 0 Å². The molecule has 0 radical (unpaired) electrons. The lowest BCUT2D eigenvalue weighted by Crippen LogP contribution is -2.37. The Labute approximate surface area is 141 Å². The third kappa shape index (κ3) is 3.54. The Morgan fingerprint density at radius 3 is 2.50 bits per heavy atom. The van der Waals surface area contributed by atoms with Crippen molar-refractivity contribution in [1.29, 1.82) is 0 Å². The molecule has 2 aromatic rings. The molecule has 0 saturated heterocycles. The summed E-state index contributed by atoms with van der Waals surface area (Å²) in [4.78, 5) is 3.89. The lowest BCUT2D eigenvalue weighted by atomic mass is 9.81. The molecular weight excluding hydrogens is 330 g/mol. The van der Waals surface area contributed by atoms with Crippen LogP contribution in [-0.2, 0) is 17.1 Å². The van der Waals surface area contributed by atoms with Gasteiger partial charge in [-0.1, -0.05) is 6.07 Å². The summed E-state index contributed by atoms with van der Waals surface area (Å²) >= 11 is 0. The molecule has 0 bridgehead atoms. The Balaban J connectivity index is 1.63. The molecule has 1 aromatic heterocycles. The molecule has 1 fully saturated rings. The SMILES string of the molecule is Cn1cnc(S(=O)(=O)N[C@H]2CC[C@@H](c3ccc(O)cc3O)CC2)c1. The zero-order valence-corrected chi connectivity index (χ0v) is 14.2. The van der Waals surface area contributed by atoms with E-state index in [1.807, 2.05) is 0 Å². The summed E-state index contributed by atoms with van der Waals surface area (Å²) in [6.45, 7) is 0. The number of hydrogen-bond donors (Lipinski definition) is 3. The van der Waals surface area contributed by atoms with Gasteiger partial charge in [-0.25, -0.2) is 18.1 Å². The molecule has 0 atom stereocenters. The molecule has 130 valence electrons. The lowest BCUT2D eigenvalue weighted by molar-refractivity contribution is 0.362. The van der Waals surface area contributed by atoms with Gasteiger partial charge in [0, 0.05) is 25.4 Å². The summed E-state index contributed by atoms with van der Waals surface area (Å²) in [6, 6.07) is 4.50. The molecular formula is C16H21N3O4S. The quantitative estimate of drug-likeness (QED) is 0.779. The third-order valence-electron chi connectivity index (χ3n) is 4.46. The van der Waals surface area contributed by atoms with Crippen molar-refractivity contribution >= 4 is 10.0 Å². The van der Waals surface area contributed by atoms with Gasteiger partial charge >= 0.3 is 0 Å². The van der Waals surface area contributed by atoms with E-state index in [1.165, 1.54) is 18.6 Å². The molecule has 1 aliphatic carbocycles. The van der Waals surface area contributed by atoms with Crippen LogP contribution in [0.25, 0.3) is 0 Å². The maximum atomic E-state index is 12.3. The maximum absolute atomic E-state index is 12.3. The van der Waals surface area contributed by atoms with Crippen LogP contribution in [0.1, 0.15) is 37.2 Å². The average molecular weight is 351 g/mol. The number of aromatic hydroxyl groups is 2. The molecule has 0 amide bonds. The number of hydrogen-bond acceptors (Lipinski definition) is 5. The zero-order valence-electron chi connectivity index (χ0n) is 13.4. The number of nitrogens with zero attached hydrogens (tertiary/aromatic N) is 2. The highest BCUT2D eigenvalue weighted by atomic mass is 32.2. The Morgan fingerprint density at radius 2 is 1.92 bits per heavy atom. The van der Waals surface area contributed by atoms with Crippen molar-refractivity contribution in [2.45, 2.75) is 42.7 Å². The van der Waals surface area contributed by atoms with Gasteiger partial charge in [0.1, 0.15) is 11.5 Å². The highest BCUT2D eigenvalue weighted by molar-refractivity contribution is 7.89. The van der Waals surface area contributed by atoms with Crippen molar-refractivity contribution in [1.82, 2.24) is 14.3 Å². The second kappa shape index (κ2) is 6.45. The highest BCUT2D eigenvalue weighted by Crippen LogP contribution is 2.38. The molecule has 3 rings (SSSR count). The van der Waals surface area contributed by atoms with E-state index in [0.717, 1.165) is 18.4 Å². The van der Waals surface area contributed by atoms with Gasteiger partial charge in [-0.2, -0.15) is 0 Å². The molecule has 7 nitrogen and oxygen atoms in total. The largest absolute Gasteiger partial charge is 0.508 e. The van der Waals surface area contributed by atoms with Crippen molar-refractivity contribution in [3.05, 3.63) is 36.3 Å². The molecule has 1 heterocycles. The predicted molar refractivity (Wildman–Crippen MR) is 88.3 cm³/mol. The van der Waals surface area contributed by atoms with E-state index in [2.05, 4.69) is 9.71 Å². The van der Waals surface area contributed by atoms with Gasteiger partial charge in [0.05, 0.1) is 6.33 Å². The van der Waals surface area contributed by atoms with Crippen molar-refractivity contribution < 1.29 is 18.6 Å². The van der Waals surface area contributed by atoms with Crippen LogP contribution in [0.5, 0.6) is 11.5 Å². The number of aromatic nitrogens is 2. The summed E-state index contributed by atoms with van der Waals surface area (Å²) in [6.07, 6.45) is 5.86. The van der Waals surface area contributed by atoms with Crippen LogP contribution >= 0.6 is 0 Å². The second-order valence-electron chi connectivity index (χ2n) is 6.29. The molecule has 8 heteroatoms. The number of aryl methyl sites for hydroxylation is 1. The molecule has 0 aliphatic heterocycles. The topological polar surface area (TPSA) is 104 Å². The van der Waals surface area contributed by atoms with Gasteiger partial charge in [-0.05, 0) is 43.2 Å². The number of nitrogens with one attached hydrogen (secondary N) is 1. The minimum atomic E-state index is -3.60. The van der Waals surface area contributed by atoms with Crippen LogP contribution in [0.2, 0.25) is 0 Å². The van der Waals surface area contributed by atoms with E-state index in [4.69, 9.17) is 0 Å². The van der Waals surface area contributed by atoms with Gasteiger partial charge in [0.15, 0.2) is 5.03 Å². The highest BCUT2D eigenvalue weighted by Gasteiger charge is 2.28. The standard InChI is InChI=1S/C16H21N3O4S/c1-19-9-16(17-10-19)24(22,23)18-12-4-2-11(3-5-12)14-7-6-13(20)8-15(14)21/h6-12,18,20-21H,2-5H2,1H3/t11-,12+. The third-order valence-corrected chi connectivity index (χ3v) is 5.86. The first-order chi connectivity index (χ1) is 11.3. The number of phenols is 2. The van der Waals surface area contributed by atoms with E-state index in [9.17, 15) is 18.6 Å². The Hall–Kier alpha value is -2.06. The second-order valence-corrected chi connectivity index (χ2v) is 7.95. The minimum absolute atomic E-state index is 0.0308. The van der Waals surface area contributed by atoms with E-state index >= 15 is 0 Å². The molecule has 3 N–H and O–H groups in total. The minimum Gasteiger partial charge on any atom is -0.508 e. The van der Waals surface area contributed by atoms with Gasteiger partial charge < -0.3 is 14.8 Å². The van der Waals surface area contributed by atoms with Crippen LogP contribution in [0, 0.1) is 0 Å². The maximum Gasteiger partial charge on any atom is 0.259 e. The number of rotatable bonds is 4.